The Morgan fingerprint density at radius 3 is 2.61 bits per heavy atom. The Balaban J connectivity index is 1.15. The van der Waals surface area contributed by atoms with Gasteiger partial charge in [-0.15, -0.1) is 0 Å². The average molecular weight is 564 g/mol. The lowest BCUT2D eigenvalue weighted by Crippen LogP contribution is -2.33. The molecule has 1 aliphatic rings. The first kappa shape index (κ1) is 25.9. The van der Waals surface area contributed by atoms with Crippen LogP contribution in [0.15, 0.2) is 90.4 Å². The number of nitrogens with zero attached hydrogens (tertiary/aromatic N) is 3. The maximum Gasteiger partial charge on any atom is 0.556 e. The lowest BCUT2D eigenvalue weighted by atomic mass is 10.1. The number of nitrogens with one attached hydrogen (secondary N) is 1. The summed E-state index contributed by atoms with van der Waals surface area (Å²) in [5.74, 6) is 1.23. The molecule has 3 heterocycles. The van der Waals surface area contributed by atoms with Crippen molar-refractivity contribution in [3.8, 4) is 17.6 Å². The predicted octanol–water partition coefficient (Wildman–Crippen LogP) is 7.31. The summed E-state index contributed by atoms with van der Waals surface area (Å²) >= 11 is 0. The molecule has 5 aromatic rings. The molecule has 0 spiro atoms. The third-order valence-electron chi connectivity index (χ3n) is 6.54. The largest absolute Gasteiger partial charge is 0.556 e. The third kappa shape index (κ3) is 5.02. The van der Waals surface area contributed by atoms with Gasteiger partial charge in [-0.3, -0.25) is 4.90 Å². The van der Waals surface area contributed by atoms with Crippen LogP contribution in [0.25, 0.3) is 10.2 Å². The van der Waals surface area contributed by atoms with Crippen LogP contribution in [-0.2, 0) is 18.0 Å². The molecule has 1 N–H and O–H groups in total. The van der Waals surface area contributed by atoms with E-state index in [4.69, 9.17) is 14.2 Å². The summed E-state index contributed by atoms with van der Waals surface area (Å²) in [7, 11) is 0.351. The molecule has 1 aliphatic heterocycles. The highest BCUT2D eigenvalue weighted by molar-refractivity contribution is 7.54. The van der Waals surface area contributed by atoms with Crippen LogP contribution in [0.3, 0.4) is 0 Å². The number of anilines is 3. The van der Waals surface area contributed by atoms with Crippen LogP contribution in [0, 0.1) is 11.3 Å². The number of aromatic nitrogens is 1. The summed E-state index contributed by atoms with van der Waals surface area (Å²) in [5.41, 5.74) is 4.22. The maximum absolute atomic E-state index is 13.1. The topological polar surface area (TPSA) is 114 Å². The highest BCUT2D eigenvalue weighted by Crippen LogP contribution is 2.47. The highest BCUT2D eigenvalue weighted by Gasteiger charge is 2.36. The summed E-state index contributed by atoms with van der Waals surface area (Å²) < 4.78 is 16.8. The zero-order valence-corrected chi connectivity index (χ0v) is 22.7. The summed E-state index contributed by atoms with van der Waals surface area (Å²) in [6.45, 7) is 0.631. The van der Waals surface area contributed by atoms with Crippen LogP contribution < -0.4 is 19.7 Å². The van der Waals surface area contributed by atoms with Gasteiger partial charge in [-0.25, -0.2) is 9.78 Å². The number of amides is 2. The van der Waals surface area contributed by atoms with E-state index in [1.807, 2.05) is 54.6 Å². The zero-order valence-electron chi connectivity index (χ0n) is 21.9. The van der Waals surface area contributed by atoms with E-state index >= 15 is 0 Å². The first-order valence-corrected chi connectivity index (χ1v) is 13.9. The van der Waals surface area contributed by atoms with E-state index in [1.165, 1.54) is 7.11 Å². The van der Waals surface area contributed by atoms with Crippen LogP contribution >= 0.6 is 10.5 Å². The molecule has 0 aliphatic carbocycles. The van der Waals surface area contributed by atoms with Gasteiger partial charge in [-0.05, 0) is 53.6 Å². The van der Waals surface area contributed by atoms with E-state index in [0.717, 1.165) is 16.5 Å². The second-order valence-corrected chi connectivity index (χ2v) is 10.7. The number of para-hydroxylation sites is 1. The number of carbonyl (C=O) groups is 2. The fourth-order valence-electron chi connectivity index (χ4n) is 4.60. The SMILES string of the molecule is COC(=O)[s+]1cc2c3c(ccnc31)N(c1ccc(COc3cccc(COc4ccccc4C#N)c3)cc1)C(=O)N2. The van der Waals surface area contributed by atoms with Gasteiger partial charge >= 0.3 is 11.3 Å². The first-order valence-electron chi connectivity index (χ1n) is 12.6. The van der Waals surface area contributed by atoms with E-state index in [0.29, 0.717) is 52.2 Å². The Kier molecular flexibility index (Phi) is 6.93. The van der Waals surface area contributed by atoms with Crippen molar-refractivity contribution in [2.24, 2.45) is 0 Å². The van der Waals surface area contributed by atoms with Crippen molar-refractivity contribution in [1.29, 1.82) is 5.26 Å². The molecule has 0 saturated heterocycles. The molecule has 3 aromatic carbocycles. The van der Waals surface area contributed by atoms with Crippen molar-refractivity contribution < 1.29 is 23.8 Å². The van der Waals surface area contributed by atoms with Gasteiger partial charge in [0.2, 0.25) is 0 Å². The number of hydrogen-bond acceptors (Lipinski definition) is 7. The predicted molar refractivity (Wildman–Crippen MR) is 156 cm³/mol. The number of pyridine rings is 1. The molecule has 10 heteroatoms. The number of thiophene rings is 1. The fraction of sp³-hybridized carbons (Fsp3) is 0.0968. The zero-order chi connectivity index (χ0) is 28.3. The molecule has 0 radical (unpaired) electrons. The van der Waals surface area contributed by atoms with Gasteiger partial charge in [0.1, 0.15) is 52.3 Å². The Bertz CT molecular complexity index is 1830. The van der Waals surface area contributed by atoms with E-state index in [2.05, 4.69) is 16.4 Å². The summed E-state index contributed by atoms with van der Waals surface area (Å²) in [6, 6.07) is 25.8. The normalized spacial score (nSPS) is 12.4. The minimum absolute atomic E-state index is 0.305. The Labute approximate surface area is 238 Å². The smallest absolute Gasteiger partial charge is 0.489 e. The highest BCUT2D eigenvalue weighted by atomic mass is 32.2. The van der Waals surface area contributed by atoms with Gasteiger partial charge in [0.15, 0.2) is 5.38 Å². The van der Waals surface area contributed by atoms with Gasteiger partial charge in [0.25, 0.3) is 4.83 Å². The number of rotatable bonds is 8. The van der Waals surface area contributed by atoms with Crippen LogP contribution in [0.5, 0.6) is 11.5 Å². The molecular formula is C31H23N4O5S+. The van der Waals surface area contributed by atoms with Gasteiger partial charge in [-0.1, -0.05) is 36.4 Å². The second-order valence-electron chi connectivity index (χ2n) is 9.10. The van der Waals surface area contributed by atoms with Crippen molar-refractivity contribution in [2.45, 2.75) is 13.2 Å². The van der Waals surface area contributed by atoms with E-state index in [1.54, 1.807) is 40.7 Å². The first-order chi connectivity index (χ1) is 20.1. The molecule has 0 fully saturated rings. The molecule has 9 nitrogen and oxygen atoms in total. The molecule has 41 heavy (non-hydrogen) atoms. The lowest BCUT2D eigenvalue weighted by Gasteiger charge is -2.27. The van der Waals surface area contributed by atoms with Crippen LogP contribution in [0.1, 0.15) is 16.7 Å². The Morgan fingerprint density at radius 2 is 1.80 bits per heavy atom. The minimum Gasteiger partial charge on any atom is -0.489 e. The third-order valence-corrected chi connectivity index (χ3v) is 8.26. The van der Waals surface area contributed by atoms with Crippen molar-refractivity contribution in [3.63, 3.8) is 0 Å². The number of hydrogen-bond donors (Lipinski definition) is 1. The van der Waals surface area contributed by atoms with Gasteiger partial charge in [-0.2, -0.15) is 10.1 Å². The number of ether oxygens (including phenoxy) is 3. The fourth-order valence-corrected chi connectivity index (χ4v) is 6.16. The average Bonchev–Trinajstić information content (AvgIpc) is 3.38. The molecule has 6 rings (SSSR count). The van der Waals surface area contributed by atoms with Crippen molar-refractivity contribution in [3.05, 3.63) is 107 Å². The second kappa shape index (κ2) is 11.0. The summed E-state index contributed by atoms with van der Waals surface area (Å²) in [5, 5.41) is 14.2. The standard InChI is InChI=1S/C31H22N4O5S/c1-38-31(37)41-19-25-28-26(13-14-33-29(28)41)35(30(36)34-25)23-11-9-20(10-12-23)17-39-24-7-4-5-21(15-24)18-40-27-8-3-2-6-22(27)16-32/h2-15,19H,17-18H2,1H3/p+1. The number of benzene rings is 3. The summed E-state index contributed by atoms with van der Waals surface area (Å²) in [6.07, 6.45) is 1.60. The number of nitriles is 1. The monoisotopic (exact) mass is 563 g/mol. The Morgan fingerprint density at radius 1 is 1.00 bits per heavy atom. The van der Waals surface area contributed by atoms with Gasteiger partial charge in [0, 0.05) is 6.20 Å². The minimum atomic E-state index is -0.986. The van der Waals surface area contributed by atoms with Gasteiger partial charge in [0.05, 0.1) is 24.0 Å². The molecule has 202 valence electrons. The number of carbonyl (C=O) groups excluding carboxylic acids is 2. The van der Waals surface area contributed by atoms with Crippen LogP contribution in [-0.4, -0.2) is 23.4 Å². The molecule has 1 unspecified atom stereocenters. The number of methoxy groups -OCH3 is 1. The summed E-state index contributed by atoms with van der Waals surface area (Å²) in [4.78, 5) is 31.9. The Hall–Kier alpha value is -5.40. The molecule has 0 bridgehead atoms. The van der Waals surface area contributed by atoms with E-state index in [9.17, 15) is 14.9 Å². The molecular weight excluding hydrogens is 540 g/mol. The van der Waals surface area contributed by atoms with Crippen LogP contribution in [0.4, 0.5) is 26.7 Å². The van der Waals surface area contributed by atoms with Gasteiger partial charge < -0.3 is 19.5 Å². The molecule has 1 atom stereocenters. The quantitative estimate of drug-likeness (QED) is 0.155. The van der Waals surface area contributed by atoms with E-state index < -0.39 is 15.8 Å². The molecule has 0 saturated carbocycles. The van der Waals surface area contributed by atoms with E-state index in [-0.39, 0.29) is 6.03 Å². The molecule has 2 amide bonds. The van der Waals surface area contributed by atoms with Crippen LogP contribution in [0.2, 0.25) is 0 Å². The molecule has 2 aromatic heterocycles. The number of urea groups is 1. The maximum atomic E-state index is 13.1. The van der Waals surface area contributed by atoms with Crippen molar-refractivity contribution in [2.75, 3.05) is 17.3 Å². The van der Waals surface area contributed by atoms with Crippen molar-refractivity contribution >= 4 is 49.1 Å². The lowest BCUT2D eigenvalue weighted by molar-refractivity contribution is 0.199. The van der Waals surface area contributed by atoms with Crippen molar-refractivity contribution in [1.82, 2.24) is 4.98 Å².